The molecule has 0 aliphatic heterocycles. The van der Waals surface area contributed by atoms with Gasteiger partial charge < -0.3 is 5.32 Å². The summed E-state index contributed by atoms with van der Waals surface area (Å²) >= 11 is 4.63. The van der Waals surface area contributed by atoms with E-state index in [1.165, 1.54) is 17.4 Å². The molecule has 1 aromatic carbocycles. The molecule has 1 heterocycles. The van der Waals surface area contributed by atoms with Crippen LogP contribution in [0.4, 0.5) is 4.39 Å². The molecule has 19 heavy (non-hydrogen) atoms. The van der Waals surface area contributed by atoms with Gasteiger partial charge in [-0.1, -0.05) is 24.3 Å². The summed E-state index contributed by atoms with van der Waals surface area (Å²) in [6.07, 6.45) is 1.08. The molecule has 0 bridgehead atoms. The monoisotopic (exact) mass is 343 g/mol. The van der Waals surface area contributed by atoms with Gasteiger partial charge in [0.2, 0.25) is 0 Å². The molecule has 1 N–H and O–H groups in total. The fourth-order valence-corrected chi connectivity index (χ4v) is 2.72. The normalized spacial score (nSPS) is 12.6. The molecule has 6 heteroatoms. The Morgan fingerprint density at radius 2 is 2.21 bits per heavy atom. The molecule has 2 aromatic rings. The molecule has 102 valence electrons. The lowest BCUT2D eigenvalue weighted by molar-refractivity contribution is 0.564. The van der Waals surface area contributed by atoms with Crippen molar-refractivity contribution in [3.05, 3.63) is 33.5 Å². The highest BCUT2D eigenvalue weighted by molar-refractivity contribution is 9.10. The van der Waals surface area contributed by atoms with Crippen LogP contribution < -0.4 is 5.32 Å². The summed E-state index contributed by atoms with van der Waals surface area (Å²) in [5.41, 5.74) is 0.757. The molecule has 3 nitrogen and oxygen atoms in total. The van der Waals surface area contributed by atoms with Crippen molar-refractivity contribution < 1.29 is 4.39 Å². The lowest BCUT2D eigenvalue weighted by Gasteiger charge is -2.08. The molecule has 1 atom stereocenters. The van der Waals surface area contributed by atoms with E-state index in [0.29, 0.717) is 4.47 Å². The third kappa shape index (κ3) is 3.58. The Balaban J connectivity index is 2.18. The van der Waals surface area contributed by atoms with Crippen molar-refractivity contribution in [2.24, 2.45) is 0 Å². The molecular weight excluding hydrogens is 329 g/mol. The summed E-state index contributed by atoms with van der Waals surface area (Å²) in [6, 6.07) is 5.16. The Morgan fingerprint density at radius 3 is 2.89 bits per heavy atom. The number of hydrogen-bond acceptors (Lipinski definition) is 4. The van der Waals surface area contributed by atoms with Crippen LogP contribution in [0.2, 0.25) is 0 Å². The number of benzene rings is 1. The zero-order chi connectivity index (χ0) is 13.8. The second-order valence-corrected chi connectivity index (χ2v) is 6.11. The zero-order valence-electron chi connectivity index (χ0n) is 10.8. The Hall–Kier alpha value is -0.850. The Morgan fingerprint density at radius 1 is 1.42 bits per heavy atom. The van der Waals surface area contributed by atoms with Crippen LogP contribution in [0.1, 0.15) is 31.3 Å². The van der Waals surface area contributed by atoms with Crippen molar-refractivity contribution >= 4 is 27.3 Å². The maximum Gasteiger partial charge on any atom is 0.147 e. The molecule has 0 fully saturated rings. The minimum atomic E-state index is -0.286. The predicted molar refractivity (Wildman–Crippen MR) is 79.7 cm³/mol. The third-order valence-corrected chi connectivity index (χ3v) is 4.48. The van der Waals surface area contributed by atoms with Gasteiger partial charge in [0.05, 0.1) is 10.5 Å². The molecule has 0 radical (unpaired) electrons. The third-order valence-electron chi connectivity index (χ3n) is 2.68. The van der Waals surface area contributed by atoms with Crippen LogP contribution >= 0.6 is 27.3 Å². The molecule has 0 saturated carbocycles. The number of aromatic nitrogens is 2. The van der Waals surface area contributed by atoms with Crippen LogP contribution in [0.5, 0.6) is 0 Å². The van der Waals surface area contributed by atoms with Crippen molar-refractivity contribution in [3.63, 3.8) is 0 Å². The topological polar surface area (TPSA) is 37.8 Å². The van der Waals surface area contributed by atoms with E-state index in [9.17, 15) is 4.39 Å². The van der Waals surface area contributed by atoms with Gasteiger partial charge in [0.15, 0.2) is 0 Å². The first kappa shape index (κ1) is 14.6. The fourth-order valence-electron chi connectivity index (χ4n) is 1.60. The van der Waals surface area contributed by atoms with E-state index in [0.717, 1.165) is 28.5 Å². The summed E-state index contributed by atoms with van der Waals surface area (Å²) < 4.78 is 14.0. The van der Waals surface area contributed by atoms with Crippen LogP contribution in [-0.2, 0) is 0 Å². The van der Waals surface area contributed by atoms with Crippen LogP contribution in [-0.4, -0.2) is 16.7 Å². The summed E-state index contributed by atoms with van der Waals surface area (Å²) in [5.74, 6) is -0.286. The second-order valence-electron chi connectivity index (χ2n) is 4.25. The van der Waals surface area contributed by atoms with E-state index in [1.807, 2.05) is 6.07 Å². The van der Waals surface area contributed by atoms with E-state index < -0.39 is 0 Å². The first-order valence-corrected chi connectivity index (χ1v) is 7.75. The van der Waals surface area contributed by atoms with E-state index >= 15 is 0 Å². The van der Waals surface area contributed by atoms with Crippen molar-refractivity contribution in [1.82, 2.24) is 15.5 Å². The molecule has 0 saturated heterocycles. The van der Waals surface area contributed by atoms with Crippen molar-refractivity contribution in [2.45, 2.75) is 26.3 Å². The first-order chi connectivity index (χ1) is 9.11. The van der Waals surface area contributed by atoms with Crippen molar-refractivity contribution in [1.29, 1.82) is 0 Å². The van der Waals surface area contributed by atoms with Gasteiger partial charge in [0, 0.05) is 5.56 Å². The summed E-state index contributed by atoms with van der Waals surface area (Å²) in [7, 11) is 0. The van der Waals surface area contributed by atoms with Crippen LogP contribution in [0.25, 0.3) is 10.6 Å². The van der Waals surface area contributed by atoms with E-state index in [-0.39, 0.29) is 11.9 Å². The van der Waals surface area contributed by atoms with Crippen molar-refractivity contribution in [2.75, 3.05) is 6.54 Å². The average molecular weight is 344 g/mol. The molecule has 2 rings (SSSR count). The van der Waals surface area contributed by atoms with Crippen molar-refractivity contribution in [3.8, 4) is 10.6 Å². The molecule has 0 amide bonds. The number of rotatable bonds is 5. The molecule has 0 aliphatic rings. The van der Waals surface area contributed by atoms with E-state index in [2.05, 4.69) is 45.3 Å². The molecule has 1 unspecified atom stereocenters. The highest BCUT2D eigenvalue weighted by atomic mass is 79.9. The molecular formula is C13H15BrFN3S. The Bertz CT molecular complexity index is 559. The standard InChI is InChI=1S/C13H15BrFN3S/c1-3-6-16-8(2)12-17-18-13(19-12)9-4-5-10(14)11(15)7-9/h4-5,7-8,16H,3,6H2,1-2H3. The number of nitrogens with zero attached hydrogens (tertiary/aromatic N) is 2. The van der Waals surface area contributed by atoms with Gasteiger partial charge in [-0.25, -0.2) is 4.39 Å². The summed E-state index contributed by atoms with van der Waals surface area (Å²) in [5, 5.41) is 13.3. The Kier molecular flexibility index (Phi) is 5.01. The Labute approximate surface area is 124 Å². The molecule has 0 aliphatic carbocycles. The zero-order valence-corrected chi connectivity index (χ0v) is 13.2. The van der Waals surface area contributed by atoms with Crippen LogP contribution in [0, 0.1) is 5.82 Å². The van der Waals surface area contributed by atoms with Gasteiger partial charge in [-0.15, -0.1) is 10.2 Å². The van der Waals surface area contributed by atoms with Gasteiger partial charge in [0.25, 0.3) is 0 Å². The summed E-state index contributed by atoms with van der Waals surface area (Å²) in [4.78, 5) is 0. The van der Waals surface area contributed by atoms with E-state index in [1.54, 1.807) is 6.07 Å². The maximum atomic E-state index is 13.5. The predicted octanol–water partition coefficient (Wildman–Crippen LogP) is 4.17. The van der Waals surface area contributed by atoms with Gasteiger partial charge in [0.1, 0.15) is 15.8 Å². The number of halogens is 2. The molecule has 1 aromatic heterocycles. The fraction of sp³-hybridized carbons (Fsp3) is 0.385. The quantitative estimate of drug-likeness (QED) is 0.885. The van der Waals surface area contributed by atoms with Gasteiger partial charge in [-0.2, -0.15) is 0 Å². The highest BCUT2D eigenvalue weighted by Crippen LogP contribution is 2.29. The van der Waals surface area contributed by atoms with Crippen LogP contribution in [0.3, 0.4) is 0 Å². The van der Waals surface area contributed by atoms with Gasteiger partial charge in [-0.3, -0.25) is 0 Å². The first-order valence-electron chi connectivity index (χ1n) is 6.14. The van der Waals surface area contributed by atoms with Gasteiger partial charge >= 0.3 is 0 Å². The number of nitrogens with one attached hydrogen (secondary N) is 1. The minimum absolute atomic E-state index is 0.173. The number of hydrogen-bond donors (Lipinski definition) is 1. The minimum Gasteiger partial charge on any atom is -0.308 e. The highest BCUT2D eigenvalue weighted by Gasteiger charge is 2.13. The van der Waals surface area contributed by atoms with Gasteiger partial charge in [-0.05, 0) is 48.0 Å². The maximum absolute atomic E-state index is 13.5. The largest absolute Gasteiger partial charge is 0.308 e. The smallest absolute Gasteiger partial charge is 0.147 e. The van der Waals surface area contributed by atoms with E-state index in [4.69, 9.17) is 0 Å². The lowest BCUT2D eigenvalue weighted by Crippen LogP contribution is -2.18. The van der Waals surface area contributed by atoms with Crippen LogP contribution in [0.15, 0.2) is 22.7 Å². The second kappa shape index (κ2) is 6.54. The average Bonchev–Trinajstić information content (AvgIpc) is 2.89. The molecule has 0 spiro atoms. The summed E-state index contributed by atoms with van der Waals surface area (Å²) in [6.45, 7) is 5.13. The lowest BCUT2D eigenvalue weighted by atomic mass is 10.2. The SMILES string of the molecule is CCCNC(C)c1nnc(-c2ccc(Br)c(F)c2)s1.